The van der Waals surface area contributed by atoms with Crippen molar-refractivity contribution in [3.05, 3.63) is 34.1 Å². The van der Waals surface area contributed by atoms with E-state index in [1.807, 2.05) is 0 Å². The maximum atomic E-state index is 12.9. The zero-order valence-corrected chi connectivity index (χ0v) is 8.50. The van der Waals surface area contributed by atoms with E-state index < -0.39 is 16.4 Å². The second-order valence-corrected chi connectivity index (χ2v) is 3.20. The van der Waals surface area contributed by atoms with Crippen molar-refractivity contribution in [3.8, 4) is 0 Å². The molecule has 0 aliphatic rings. The molecule has 0 bridgehead atoms. The zero-order chi connectivity index (χ0) is 11.3. The van der Waals surface area contributed by atoms with E-state index in [4.69, 9.17) is 0 Å². The summed E-state index contributed by atoms with van der Waals surface area (Å²) >= 11 is 0. The molecule has 0 heterocycles. The Labute approximate surface area is 87.3 Å². The molecule has 5 heteroatoms. The van der Waals surface area contributed by atoms with E-state index in [0.29, 0.717) is 5.69 Å². The van der Waals surface area contributed by atoms with Crippen molar-refractivity contribution in [2.75, 3.05) is 11.9 Å². The summed E-state index contributed by atoms with van der Waals surface area (Å²) in [5, 5.41) is 13.4. The van der Waals surface area contributed by atoms with Gasteiger partial charge in [-0.15, -0.1) is 0 Å². The number of hydrogen-bond donors (Lipinski definition) is 1. The van der Waals surface area contributed by atoms with Crippen molar-refractivity contribution in [3.63, 3.8) is 0 Å². The average molecular weight is 212 g/mol. The van der Waals surface area contributed by atoms with Crippen LogP contribution >= 0.6 is 0 Å². The van der Waals surface area contributed by atoms with Crippen LogP contribution in [0.3, 0.4) is 0 Å². The number of rotatable bonds is 5. The van der Waals surface area contributed by atoms with Gasteiger partial charge in [0.05, 0.1) is 4.92 Å². The minimum Gasteiger partial charge on any atom is -0.385 e. The van der Waals surface area contributed by atoms with Gasteiger partial charge in [-0.25, -0.2) is 0 Å². The van der Waals surface area contributed by atoms with Gasteiger partial charge >= 0.3 is 5.69 Å². The highest BCUT2D eigenvalue weighted by atomic mass is 19.1. The SMILES string of the molecule is CCCCNc1ccc(F)c([N+](=O)[O-])c1. The molecule has 15 heavy (non-hydrogen) atoms. The lowest BCUT2D eigenvalue weighted by molar-refractivity contribution is -0.387. The summed E-state index contributed by atoms with van der Waals surface area (Å²) in [4.78, 5) is 9.72. The predicted molar refractivity (Wildman–Crippen MR) is 56.5 cm³/mol. The highest BCUT2D eigenvalue weighted by molar-refractivity contribution is 5.51. The molecular weight excluding hydrogens is 199 g/mol. The topological polar surface area (TPSA) is 55.2 Å². The van der Waals surface area contributed by atoms with Gasteiger partial charge in [-0.3, -0.25) is 10.1 Å². The van der Waals surface area contributed by atoms with Gasteiger partial charge < -0.3 is 5.32 Å². The molecule has 1 N–H and O–H groups in total. The van der Waals surface area contributed by atoms with Crippen LogP contribution < -0.4 is 5.32 Å². The normalized spacial score (nSPS) is 10.0. The van der Waals surface area contributed by atoms with Crippen molar-refractivity contribution < 1.29 is 9.31 Å². The Hall–Kier alpha value is -1.65. The van der Waals surface area contributed by atoms with Crippen LogP contribution in [0, 0.1) is 15.9 Å². The first kappa shape index (κ1) is 11.4. The van der Waals surface area contributed by atoms with Gasteiger partial charge in [0.15, 0.2) is 0 Å². The molecule has 0 aliphatic carbocycles. The smallest absolute Gasteiger partial charge is 0.306 e. The Morgan fingerprint density at radius 3 is 2.87 bits per heavy atom. The number of hydrogen-bond acceptors (Lipinski definition) is 3. The van der Waals surface area contributed by atoms with Gasteiger partial charge in [0.2, 0.25) is 5.82 Å². The van der Waals surface area contributed by atoms with E-state index >= 15 is 0 Å². The molecule has 0 atom stereocenters. The molecule has 0 spiro atoms. The molecule has 1 aromatic carbocycles. The maximum absolute atomic E-state index is 12.9. The van der Waals surface area contributed by atoms with Gasteiger partial charge in [0.25, 0.3) is 0 Å². The molecule has 0 unspecified atom stereocenters. The fourth-order valence-electron chi connectivity index (χ4n) is 1.17. The quantitative estimate of drug-likeness (QED) is 0.463. The summed E-state index contributed by atoms with van der Waals surface area (Å²) in [6, 6.07) is 3.81. The molecule has 1 aromatic rings. The lowest BCUT2D eigenvalue weighted by Gasteiger charge is -2.04. The first-order chi connectivity index (χ1) is 7.15. The van der Waals surface area contributed by atoms with Gasteiger partial charge in [0, 0.05) is 18.3 Å². The number of anilines is 1. The predicted octanol–water partition coefficient (Wildman–Crippen LogP) is 2.95. The largest absolute Gasteiger partial charge is 0.385 e. The molecule has 0 aromatic heterocycles. The fraction of sp³-hybridized carbons (Fsp3) is 0.400. The first-order valence-corrected chi connectivity index (χ1v) is 4.83. The number of unbranched alkanes of at least 4 members (excludes halogenated alkanes) is 1. The average Bonchev–Trinajstić information content (AvgIpc) is 2.20. The monoisotopic (exact) mass is 212 g/mol. The Kier molecular flexibility index (Phi) is 4.03. The lowest BCUT2D eigenvalue weighted by Crippen LogP contribution is -2.02. The number of nitrogens with one attached hydrogen (secondary N) is 1. The minimum absolute atomic E-state index is 0.489. The summed E-state index contributed by atoms with van der Waals surface area (Å²) in [5.41, 5.74) is 0.0908. The van der Waals surface area contributed by atoms with Crippen LogP contribution in [0.25, 0.3) is 0 Å². The highest BCUT2D eigenvalue weighted by Crippen LogP contribution is 2.21. The van der Waals surface area contributed by atoms with E-state index in [-0.39, 0.29) is 0 Å². The third-order valence-corrected chi connectivity index (χ3v) is 2.00. The number of halogens is 1. The fourth-order valence-corrected chi connectivity index (χ4v) is 1.17. The molecule has 1 rings (SSSR count). The number of nitro benzene ring substituents is 1. The number of nitro groups is 1. The third-order valence-electron chi connectivity index (χ3n) is 2.00. The van der Waals surface area contributed by atoms with Gasteiger partial charge in [-0.05, 0) is 18.6 Å². The molecule has 82 valence electrons. The second kappa shape index (κ2) is 5.29. The summed E-state index contributed by atoms with van der Waals surface area (Å²) in [7, 11) is 0. The number of nitrogens with zero attached hydrogens (tertiary/aromatic N) is 1. The van der Waals surface area contributed by atoms with Crippen molar-refractivity contribution in [1.29, 1.82) is 0 Å². The molecule has 0 amide bonds. The summed E-state index contributed by atoms with van der Waals surface area (Å²) in [5.74, 6) is -0.805. The van der Waals surface area contributed by atoms with E-state index in [1.54, 1.807) is 0 Å². The van der Waals surface area contributed by atoms with Crippen LogP contribution in [-0.4, -0.2) is 11.5 Å². The summed E-state index contributed by atoms with van der Waals surface area (Å²) in [6.45, 7) is 2.79. The van der Waals surface area contributed by atoms with Crippen LogP contribution in [0.4, 0.5) is 15.8 Å². The van der Waals surface area contributed by atoms with Crippen LogP contribution in [0.1, 0.15) is 19.8 Å². The van der Waals surface area contributed by atoms with Crippen molar-refractivity contribution in [2.24, 2.45) is 0 Å². The second-order valence-electron chi connectivity index (χ2n) is 3.20. The third kappa shape index (κ3) is 3.19. The van der Waals surface area contributed by atoms with E-state index in [9.17, 15) is 14.5 Å². The van der Waals surface area contributed by atoms with Crippen LogP contribution in [0.15, 0.2) is 18.2 Å². The van der Waals surface area contributed by atoms with Crippen molar-refractivity contribution in [2.45, 2.75) is 19.8 Å². The van der Waals surface area contributed by atoms with Crippen LogP contribution in [0.2, 0.25) is 0 Å². The molecule has 4 nitrogen and oxygen atoms in total. The number of benzene rings is 1. The van der Waals surface area contributed by atoms with Crippen LogP contribution in [0.5, 0.6) is 0 Å². The highest BCUT2D eigenvalue weighted by Gasteiger charge is 2.13. The van der Waals surface area contributed by atoms with E-state index in [0.717, 1.165) is 25.5 Å². The molecule has 0 fully saturated rings. The van der Waals surface area contributed by atoms with Gasteiger partial charge in [-0.1, -0.05) is 13.3 Å². The maximum Gasteiger partial charge on any atom is 0.306 e. The minimum atomic E-state index is -0.805. The van der Waals surface area contributed by atoms with E-state index in [1.165, 1.54) is 12.1 Å². The Balaban J connectivity index is 2.74. The molecular formula is C10H13FN2O2. The lowest BCUT2D eigenvalue weighted by atomic mass is 10.2. The molecule has 0 saturated heterocycles. The molecule has 0 radical (unpaired) electrons. The molecule has 0 aliphatic heterocycles. The Bertz CT molecular complexity index is 355. The van der Waals surface area contributed by atoms with Gasteiger partial charge in [-0.2, -0.15) is 4.39 Å². The summed E-state index contributed by atoms with van der Waals surface area (Å²) < 4.78 is 12.9. The van der Waals surface area contributed by atoms with Crippen molar-refractivity contribution >= 4 is 11.4 Å². The summed E-state index contributed by atoms with van der Waals surface area (Å²) in [6.07, 6.45) is 2.02. The van der Waals surface area contributed by atoms with Crippen molar-refractivity contribution in [1.82, 2.24) is 0 Å². The zero-order valence-electron chi connectivity index (χ0n) is 8.50. The Morgan fingerprint density at radius 2 is 2.27 bits per heavy atom. The van der Waals surface area contributed by atoms with Crippen LogP contribution in [-0.2, 0) is 0 Å². The first-order valence-electron chi connectivity index (χ1n) is 4.83. The van der Waals surface area contributed by atoms with E-state index in [2.05, 4.69) is 12.2 Å². The molecule has 0 saturated carbocycles. The van der Waals surface area contributed by atoms with Gasteiger partial charge in [0.1, 0.15) is 0 Å². The standard InChI is InChI=1S/C10H13FN2O2/c1-2-3-6-12-8-4-5-9(11)10(7-8)13(14)15/h4-5,7,12H,2-3,6H2,1H3. The Morgan fingerprint density at radius 1 is 1.53 bits per heavy atom.